The largest absolute Gasteiger partial charge is 0.415 e. The Morgan fingerprint density at radius 1 is 1.38 bits per heavy atom. The predicted octanol–water partition coefficient (Wildman–Crippen LogP) is 2.97. The maximum Gasteiger partial charge on any atom is 0.415 e. The van der Waals surface area contributed by atoms with E-state index in [1.54, 1.807) is 13.0 Å². The van der Waals surface area contributed by atoms with Crippen LogP contribution < -0.4 is 4.74 Å². The van der Waals surface area contributed by atoms with Gasteiger partial charge in [-0.3, -0.25) is 0 Å². The molecule has 88 valence electrons. The first-order valence-corrected chi connectivity index (χ1v) is 5.31. The van der Waals surface area contributed by atoms with Crippen molar-refractivity contribution < 1.29 is 13.9 Å². The number of amides is 1. The van der Waals surface area contributed by atoms with Gasteiger partial charge in [0.05, 0.1) is 0 Å². The van der Waals surface area contributed by atoms with Crippen molar-refractivity contribution in [3.05, 3.63) is 29.6 Å². The van der Waals surface area contributed by atoms with E-state index >= 15 is 0 Å². The van der Waals surface area contributed by atoms with Crippen LogP contribution in [-0.4, -0.2) is 24.1 Å². The molecular weight excluding hydrogens is 209 g/mol. The van der Waals surface area contributed by atoms with Crippen molar-refractivity contribution in [3.8, 4) is 5.75 Å². The van der Waals surface area contributed by atoms with E-state index in [1.165, 1.54) is 17.0 Å². The fourth-order valence-corrected chi connectivity index (χ4v) is 1.32. The molecule has 0 saturated heterocycles. The number of benzene rings is 1. The summed E-state index contributed by atoms with van der Waals surface area (Å²) < 4.78 is 18.1. The standard InChI is InChI=1S/C12H16FNO2/c1-4-14(5-2)12(15)16-11-8-10(13)7-6-9(11)3/h6-8H,4-5H2,1-3H3. The molecule has 1 amide bonds. The van der Waals surface area contributed by atoms with Gasteiger partial charge in [0.15, 0.2) is 0 Å². The molecule has 0 bridgehead atoms. The third-order valence-electron chi connectivity index (χ3n) is 2.37. The number of hydrogen-bond acceptors (Lipinski definition) is 2. The average molecular weight is 225 g/mol. The summed E-state index contributed by atoms with van der Waals surface area (Å²) in [6.07, 6.45) is -0.446. The topological polar surface area (TPSA) is 29.5 Å². The maximum absolute atomic E-state index is 13.0. The first kappa shape index (κ1) is 12.5. The van der Waals surface area contributed by atoms with E-state index in [0.29, 0.717) is 13.1 Å². The molecule has 0 heterocycles. The Bertz CT molecular complexity index is 375. The van der Waals surface area contributed by atoms with Crippen molar-refractivity contribution >= 4 is 6.09 Å². The highest BCUT2D eigenvalue weighted by molar-refractivity contribution is 5.71. The molecule has 16 heavy (non-hydrogen) atoms. The molecule has 0 aliphatic heterocycles. The average Bonchev–Trinajstić information content (AvgIpc) is 2.25. The summed E-state index contributed by atoms with van der Waals surface area (Å²) >= 11 is 0. The molecule has 0 spiro atoms. The van der Waals surface area contributed by atoms with Crippen LogP contribution in [0, 0.1) is 12.7 Å². The second-order valence-corrected chi connectivity index (χ2v) is 3.45. The number of rotatable bonds is 3. The zero-order valence-corrected chi connectivity index (χ0v) is 9.79. The molecule has 0 aromatic heterocycles. The van der Waals surface area contributed by atoms with E-state index in [2.05, 4.69) is 0 Å². The molecule has 4 heteroatoms. The minimum atomic E-state index is -0.446. The van der Waals surface area contributed by atoms with E-state index in [9.17, 15) is 9.18 Å². The first-order chi connectivity index (χ1) is 7.58. The summed E-state index contributed by atoms with van der Waals surface area (Å²) in [6, 6.07) is 4.14. The van der Waals surface area contributed by atoms with Gasteiger partial charge < -0.3 is 9.64 Å². The van der Waals surface area contributed by atoms with E-state index < -0.39 is 11.9 Å². The Labute approximate surface area is 94.8 Å². The van der Waals surface area contributed by atoms with E-state index in [1.807, 2.05) is 13.8 Å². The molecule has 0 atom stereocenters. The second kappa shape index (κ2) is 5.49. The van der Waals surface area contributed by atoms with E-state index in [4.69, 9.17) is 4.74 Å². The summed E-state index contributed by atoms with van der Waals surface area (Å²) in [5.41, 5.74) is 0.738. The summed E-state index contributed by atoms with van der Waals surface area (Å²) in [4.78, 5) is 13.2. The van der Waals surface area contributed by atoms with Gasteiger partial charge in [-0.15, -0.1) is 0 Å². The highest BCUT2D eigenvalue weighted by Crippen LogP contribution is 2.19. The Kier molecular flexibility index (Phi) is 4.28. The molecular formula is C12H16FNO2. The highest BCUT2D eigenvalue weighted by Gasteiger charge is 2.13. The number of carbonyl (C=O) groups is 1. The fourth-order valence-electron chi connectivity index (χ4n) is 1.32. The maximum atomic E-state index is 13.0. The van der Waals surface area contributed by atoms with Crippen LogP contribution >= 0.6 is 0 Å². The minimum absolute atomic E-state index is 0.275. The third kappa shape index (κ3) is 2.95. The van der Waals surface area contributed by atoms with Crippen LogP contribution in [0.3, 0.4) is 0 Å². The first-order valence-electron chi connectivity index (χ1n) is 5.31. The van der Waals surface area contributed by atoms with Crippen LogP contribution in [0.5, 0.6) is 5.75 Å². The molecule has 1 rings (SSSR count). The minimum Gasteiger partial charge on any atom is -0.410 e. The van der Waals surface area contributed by atoms with Crippen molar-refractivity contribution in [3.63, 3.8) is 0 Å². The van der Waals surface area contributed by atoms with Gasteiger partial charge in [0, 0.05) is 19.2 Å². The van der Waals surface area contributed by atoms with Crippen LogP contribution in [0.1, 0.15) is 19.4 Å². The van der Waals surface area contributed by atoms with Gasteiger partial charge in [0.2, 0.25) is 0 Å². The normalized spacial score (nSPS) is 10.0. The summed E-state index contributed by atoms with van der Waals surface area (Å²) in [5, 5.41) is 0. The monoisotopic (exact) mass is 225 g/mol. The van der Waals surface area contributed by atoms with Gasteiger partial charge in [0.1, 0.15) is 11.6 Å². The molecule has 1 aromatic rings. The van der Waals surface area contributed by atoms with E-state index in [-0.39, 0.29) is 5.75 Å². The molecule has 0 saturated carbocycles. The molecule has 0 aliphatic carbocycles. The van der Waals surface area contributed by atoms with Gasteiger partial charge in [-0.25, -0.2) is 9.18 Å². The number of carbonyl (C=O) groups excluding carboxylic acids is 1. The van der Waals surface area contributed by atoms with Crippen LogP contribution in [0.25, 0.3) is 0 Å². The molecule has 0 unspecified atom stereocenters. The fraction of sp³-hybridized carbons (Fsp3) is 0.417. The Morgan fingerprint density at radius 2 is 2.00 bits per heavy atom. The van der Waals surface area contributed by atoms with Crippen molar-refractivity contribution in [2.45, 2.75) is 20.8 Å². The molecule has 3 nitrogen and oxygen atoms in total. The Balaban J connectivity index is 2.80. The summed E-state index contributed by atoms with van der Waals surface area (Å²) in [7, 11) is 0. The van der Waals surface area contributed by atoms with E-state index in [0.717, 1.165) is 5.56 Å². The van der Waals surface area contributed by atoms with Crippen molar-refractivity contribution in [2.24, 2.45) is 0 Å². The molecule has 0 N–H and O–H groups in total. The van der Waals surface area contributed by atoms with Gasteiger partial charge in [-0.1, -0.05) is 6.07 Å². The molecule has 0 aliphatic rings. The summed E-state index contributed by atoms with van der Waals surface area (Å²) in [5.74, 6) is -0.134. The number of aryl methyl sites for hydroxylation is 1. The number of halogens is 1. The van der Waals surface area contributed by atoms with Crippen LogP contribution in [0.2, 0.25) is 0 Å². The Hall–Kier alpha value is -1.58. The SMILES string of the molecule is CCN(CC)C(=O)Oc1cc(F)ccc1C. The van der Waals surface area contributed by atoms with Gasteiger partial charge in [0.25, 0.3) is 0 Å². The zero-order valence-electron chi connectivity index (χ0n) is 9.79. The lowest BCUT2D eigenvalue weighted by Crippen LogP contribution is -2.33. The number of nitrogens with zero attached hydrogens (tertiary/aromatic N) is 1. The number of hydrogen-bond donors (Lipinski definition) is 0. The lowest BCUT2D eigenvalue weighted by atomic mass is 10.2. The van der Waals surface area contributed by atoms with Crippen molar-refractivity contribution in [1.29, 1.82) is 0 Å². The number of ether oxygens (including phenoxy) is 1. The van der Waals surface area contributed by atoms with Crippen molar-refractivity contribution in [1.82, 2.24) is 4.90 Å². The van der Waals surface area contributed by atoms with Gasteiger partial charge >= 0.3 is 6.09 Å². The lowest BCUT2D eigenvalue weighted by Gasteiger charge is -2.18. The lowest BCUT2D eigenvalue weighted by molar-refractivity contribution is 0.157. The third-order valence-corrected chi connectivity index (χ3v) is 2.37. The highest BCUT2D eigenvalue weighted by atomic mass is 19.1. The van der Waals surface area contributed by atoms with Crippen LogP contribution in [0.4, 0.5) is 9.18 Å². The zero-order chi connectivity index (χ0) is 12.1. The molecule has 0 fully saturated rings. The summed E-state index contributed by atoms with van der Waals surface area (Å²) in [6.45, 7) is 6.64. The quantitative estimate of drug-likeness (QED) is 0.791. The van der Waals surface area contributed by atoms with Crippen LogP contribution in [-0.2, 0) is 0 Å². The second-order valence-electron chi connectivity index (χ2n) is 3.45. The predicted molar refractivity (Wildman–Crippen MR) is 60.1 cm³/mol. The van der Waals surface area contributed by atoms with Gasteiger partial charge in [-0.05, 0) is 32.4 Å². The smallest absolute Gasteiger partial charge is 0.410 e. The van der Waals surface area contributed by atoms with Crippen LogP contribution in [0.15, 0.2) is 18.2 Å². The van der Waals surface area contributed by atoms with Gasteiger partial charge in [-0.2, -0.15) is 0 Å². The van der Waals surface area contributed by atoms with Crippen molar-refractivity contribution in [2.75, 3.05) is 13.1 Å². The Morgan fingerprint density at radius 3 is 2.56 bits per heavy atom. The molecule has 0 radical (unpaired) electrons. The molecule has 1 aromatic carbocycles.